The third-order valence-corrected chi connectivity index (χ3v) is 2.47. The fourth-order valence-electron chi connectivity index (χ4n) is 1.04. The van der Waals surface area contributed by atoms with Gasteiger partial charge in [-0.15, -0.1) is 5.10 Å². The zero-order chi connectivity index (χ0) is 10.2. The van der Waals surface area contributed by atoms with E-state index in [9.17, 15) is 5.11 Å². The Labute approximate surface area is 86.1 Å². The van der Waals surface area contributed by atoms with Gasteiger partial charge >= 0.3 is 0 Å². The first-order valence-corrected chi connectivity index (χ1v) is 4.86. The molecule has 0 amide bonds. The molecule has 1 rings (SSSR count). The third kappa shape index (κ3) is 2.08. The normalized spacial score (nSPS) is 14.6. The maximum atomic E-state index is 9.98. The molecule has 4 nitrogen and oxygen atoms in total. The highest BCUT2D eigenvalue weighted by atomic mass is 79.9. The SMILES string of the molecule is Cn1nnc(Br)c1C(O)C(C)(C)C. The minimum atomic E-state index is -0.568. The number of aryl methyl sites for hydroxylation is 1. The van der Waals surface area contributed by atoms with Gasteiger partial charge in [0, 0.05) is 7.05 Å². The molecule has 1 N–H and O–H groups in total. The van der Waals surface area contributed by atoms with Gasteiger partial charge in [0.1, 0.15) is 11.8 Å². The fourth-order valence-corrected chi connectivity index (χ4v) is 1.58. The Morgan fingerprint density at radius 1 is 1.46 bits per heavy atom. The molecule has 1 atom stereocenters. The van der Waals surface area contributed by atoms with Crippen molar-refractivity contribution in [1.82, 2.24) is 15.0 Å². The van der Waals surface area contributed by atoms with E-state index in [1.165, 1.54) is 0 Å². The van der Waals surface area contributed by atoms with Crippen LogP contribution in [-0.4, -0.2) is 20.1 Å². The second-order valence-electron chi connectivity index (χ2n) is 4.16. The lowest BCUT2D eigenvalue weighted by atomic mass is 9.87. The van der Waals surface area contributed by atoms with E-state index < -0.39 is 6.10 Å². The van der Waals surface area contributed by atoms with Gasteiger partial charge in [-0.25, -0.2) is 4.68 Å². The Hall–Kier alpha value is -0.420. The van der Waals surface area contributed by atoms with E-state index in [1.807, 2.05) is 20.8 Å². The molecule has 1 aromatic rings. The first-order valence-electron chi connectivity index (χ1n) is 4.07. The van der Waals surface area contributed by atoms with Crippen LogP contribution in [0.3, 0.4) is 0 Å². The van der Waals surface area contributed by atoms with Crippen molar-refractivity contribution >= 4 is 15.9 Å². The second-order valence-corrected chi connectivity index (χ2v) is 4.91. The number of aliphatic hydroxyl groups is 1. The average Bonchev–Trinajstić information content (AvgIpc) is 2.28. The maximum Gasteiger partial charge on any atom is 0.154 e. The van der Waals surface area contributed by atoms with Crippen LogP contribution < -0.4 is 0 Å². The zero-order valence-electron chi connectivity index (χ0n) is 8.24. The van der Waals surface area contributed by atoms with E-state index in [0.29, 0.717) is 10.3 Å². The molecular weight excluding hydrogens is 234 g/mol. The summed E-state index contributed by atoms with van der Waals surface area (Å²) in [5, 5.41) is 17.6. The topological polar surface area (TPSA) is 50.9 Å². The molecule has 5 heteroatoms. The number of hydrogen-bond acceptors (Lipinski definition) is 3. The molecule has 0 aliphatic carbocycles. The number of rotatable bonds is 1. The highest BCUT2D eigenvalue weighted by Gasteiger charge is 2.29. The van der Waals surface area contributed by atoms with Crippen LogP contribution in [0, 0.1) is 5.41 Å². The Kier molecular flexibility index (Phi) is 2.77. The van der Waals surface area contributed by atoms with Crippen molar-refractivity contribution in [2.24, 2.45) is 12.5 Å². The first-order chi connectivity index (χ1) is 5.84. The quantitative estimate of drug-likeness (QED) is 0.822. The first kappa shape index (κ1) is 10.7. The number of nitrogens with zero attached hydrogens (tertiary/aromatic N) is 3. The van der Waals surface area contributed by atoms with Crippen LogP contribution in [0.15, 0.2) is 4.60 Å². The maximum absolute atomic E-state index is 9.98. The third-order valence-electron chi connectivity index (χ3n) is 1.91. The van der Waals surface area contributed by atoms with Crippen molar-refractivity contribution < 1.29 is 5.11 Å². The summed E-state index contributed by atoms with van der Waals surface area (Å²) >= 11 is 3.26. The molecule has 0 radical (unpaired) electrons. The Morgan fingerprint density at radius 2 is 2.00 bits per heavy atom. The highest BCUT2D eigenvalue weighted by Crippen LogP contribution is 2.34. The van der Waals surface area contributed by atoms with Crippen LogP contribution in [0.1, 0.15) is 32.6 Å². The average molecular weight is 248 g/mol. The van der Waals surface area contributed by atoms with Gasteiger partial charge in [0.15, 0.2) is 4.60 Å². The Morgan fingerprint density at radius 3 is 2.31 bits per heavy atom. The molecule has 0 spiro atoms. The van der Waals surface area contributed by atoms with Gasteiger partial charge < -0.3 is 5.11 Å². The van der Waals surface area contributed by atoms with Gasteiger partial charge in [-0.1, -0.05) is 26.0 Å². The summed E-state index contributed by atoms with van der Waals surface area (Å²) in [5.41, 5.74) is 0.505. The van der Waals surface area contributed by atoms with Gasteiger partial charge in [0.05, 0.1) is 0 Å². The standard InChI is InChI=1S/C8H14BrN3O/c1-8(2,3)6(13)5-7(9)10-11-12(5)4/h6,13H,1-4H3. The van der Waals surface area contributed by atoms with Crippen molar-refractivity contribution in [2.75, 3.05) is 0 Å². The van der Waals surface area contributed by atoms with E-state index >= 15 is 0 Å². The van der Waals surface area contributed by atoms with Crippen LogP contribution in [0.2, 0.25) is 0 Å². The summed E-state index contributed by atoms with van der Waals surface area (Å²) in [6.07, 6.45) is -0.568. The lowest BCUT2D eigenvalue weighted by Gasteiger charge is -2.25. The lowest BCUT2D eigenvalue weighted by molar-refractivity contribution is 0.0549. The van der Waals surface area contributed by atoms with Crippen LogP contribution in [0.5, 0.6) is 0 Å². The molecule has 0 aromatic carbocycles. The molecule has 0 aliphatic heterocycles. The summed E-state index contributed by atoms with van der Waals surface area (Å²) < 4.78 is 2.19. The van der Waals surface area contributed by atoms with Gasteiger partial charge in [-0.05, 0) is 21.3 Å². The number of hydrogen-bond donors (Lipinski definition) is 1. The molecule has 1 heterocycles. The van der Waals surface area contributed by atoms with Gasteiger partial charge in [0.25, 0.3) is 0 Å². The van der Waals surface area contributed by atoms with Gasteiger partial charge in [0.2, 0.25) is 0 Å². The summed E-state index contributed by atoms with van der Waals surface area (Å²) in [6.45, 7) is 5.91. The Balaban J connectivity index is 3.08. The van der Waals surface area contributed by atoms with Crippen LogP contribution in [0.25, 0.3) is 0 Å². The largest absolute Gasteiger partial charge is 0.386 e. The number of aromatic nitrogens is 3. The van der Waals surface area contributed by atoms with Crippen molar-refractivity contribution in [3.05, 3.63) is 10.3 Å². The predicted octanol–water partition coefficient (Wildman–Crippen LogP) is 1.66. The van der Waals surface area contributed by atoms with Crippen LogP contribution >= 0.6 is 15.9 Å². The molecule has 0 bridgehead atoms. The molecular formula is C8H14BrN3O. The monoisotopic (exact) mass is 247 g/mol. The van der Waals surface area contributed by atoms with Crippen molar-refractivity contribution in [1.29, 1.82) is 0 Å². The molecule has 74 valence electrons. The Bertz CT molecular complexity index is 283. The minimum Gasteiger partial charge on any atom is -0.386 e. The van der Waals surface area contributed by atoms with Gasteiger partial charge in [-0.2, -0.15) is 0 Å². The summed E-state index contributed by atoms with van der Waals surface area (Å²) in [6, 6.07) is 0. The zero-order valence-corrected chi connectivity index (χ0v) is 9.83. The number of aliphatic hydroxyl groups excluding tert-OH is 1. The van der Waals surface area contributed by atoms with Crippen LogP contribution in [0.4, 0.5) is 0 Å². The highest BCUT2D eigenvalue weighted by molar-refractivity contribution is 9.10. The fraction of sp³-hybridized carbons (Fsp3) is 0.750. The summed E-state index contributed by atoms with van der Waals surface area (Å²) in [7, 11) is 1.77. The van der Waals surface area contributed by atoms with Crippen molar-refractivity contribution in [3.63, 3.8) is 0 Å². The molecule has 0 fully saturated rings. The van der Waals surface area contributed by atoms with Gasteiger partial charge in [-0.3, -0.25) is 0 Å². The molecule has 1 aromatic heterocycles. The van der Waals surface area contributed by atoms with Crippen molar-refractivity contribution in [2.45, 2.75) is 26.9 Å². The van der Waals surface area contributed by atoms with Crippen LogP contribution in [-0.2, 0) is 7.05 Å². The van der Waals surface area contributed by atoms with E-state index in [2.05, 4.69) is 26.2 Å². The van der Waals surface area contributed by atoms with E-state index in [4.69, 9.17) is 0 Å². The predicted molar refractivity (Wildman–Crippen MR) is 53.1 cm³/mol. The smallest absolute Gasteiger partial charge is 0.154 e. The minimum absolute atomic E-state index is 0.210. The van der Waals surface area contributed by atoms with E-state index in [-0.39, 0.29) is 5.41 Å². The van der Waals surface area contributed by atoms with E-state index in [0.717, 1.165) is 0 Å². The molecule has 13 heavy (non-hydrogen) atoms. The summed E-state index contributed by atoms with van der Waals surface area (Å²) in [4.78, 5) is 0. The van der Waals surface area contributed by atoms with Crippen molar-refractivity contribution in [3.8, 4) is 0 Å². The molecule has 0 saturated heterocycles. The second kappa shape index (κ2) is 3.38. The number of halogens is 1. The molecule has 0 saturated carbocycles. The van der Waals surface area contributed by atoms with E-state index in [1.54, 1.807) is 11.7 Å². The lowest BCUT2D eigenvalue weighted by Crippen LogP contribution is -2.20. The summed E-state index contributed by atoms with van der Waals surface area (Å²) in [5.74, 6) is 0. The molecule has 1 unspecified atom stereocenters. The molecule has 0 aliphatic rings.